The van der Waals surface area contributed by atoms with Crippen LogP contribution in [0.4, 0.5) is 21.5 Å². The molecule has 0 atom stereocenters. The Bertz CT molecular complexity index is 979. The Morgan fingerprint density at radius 1 is 0.893 bits per heavy atom. The standard InChI is InChI=1S/C21H18FN3O2S/c1-27-19-12-7-14(20(26)23-16-5-3-2-4-6-16)13-18(19)25-21(28)24-17-10-8-15(22)9-11-17/h2-13H,1H3,(H,23,26)(H2,24,25,28). The van der Waals surface area contributed by atoms with Gasteiger partial charge in [0.1, 0.15) is 11.6 Å². The lowest BCUT2D eigenvalue weighted by molar-refractivity contribution is 0.102. The van der Waals surface area contributed by atoms with Gasteiger partial charge in [0.05, 0.1) is 12.8 Å². The van der Waals surface area contributed by atoms with Gasteiger partial charge in [-0.2, -0.15) is 0 Å². The Hall–Kier alpha value is -3.45. The molecule has 0 saturated carbocycles. The maximum atomic E-state index is 13.0. The van der Waals surface area contributed by atoms with Crippen molar-refractivity contribution in [2.75, 3.05) is 23.1 Å². The molecule has 1 amide bonds. The number of amides is 1. The molecule has 0 aliphatic heterocycles. The predicted octanol–water partition coefficient (Wildman–Crippen LogP) is 4.90. The zero-order valence-corrected chi connectivity index (χ0v) is 15.8. The number of anilines is 3. The smallest absolute Gasteiger partial charge is 0.255 e. The first kappa shape index (κ1) is 19.3. The molecule has 7 heteroatoms. The summed E-state index contributed by atoms with van der Waals surface area (Å²) in [5, 5.41) is 9.07. The number of hydrogen-bond donors (Lipinski definition) is 3. The van der Waals surface area contributed by atoms with Gasteiger partial charge in [0.15, 0.2) is 5.11 Å². The normalized spacial score (nSPS) is 10.1. The van der Waals surface area contributed by atoms with Crippen LogP contribution in [0.15, 0.2) is 72.8 Å². The molecule has 28 heavy (non-hydrogen) atoms. The van der Waals surface area contributed by atoms with E-state index in [9.17, 15) is 9.18 Å². The third-order valence-electron chi connectivity index (χ3n) is 3.84. The molecular weight excluding hydrogens is 377 g/mol. The van der Waals surface area contributed by atoms with Crippen LogP contribution in [0, 0.1) is 5.82 Å². The highest BCUT2D eigenvalue weighted by Crippen LogP contribution is 2.26. The Labute approximate surface area is 167 Å². The summed E-state index contributed by atoms with van der Waals surface area (Å²) in [7, 11) is 1.53. The van der Waals surface area contributed by atoms with Crippen molar-refractivity contribution >= 4 is 40.3 Å². The number of benzene rings is 3. The van der Waals surface area contributed by atoms with Crippen LogP contribution in [0.2, 0.25) is 0 Å². The van der Waals surface area contributed by atoms with E-state index in [0.29, 0.717) is 28.4 Å². The van der Waals surface area contributed by atoms with Crippen LogP contribution in [0.25, 0.3) is 0 Å². The summed E-state index contributed by atoms with van der Waals surface area (Å²) in [5.74, 6) is -0.0583. The molecule has 0 saturated heterocycles. The molecule has 5 nitrogen and oxygen atoms in total. The molecular formula is C21H18FN3O2S. The molecule has 142 valence electrons. The summed E-state index contributed by atoms with van der Waals surface area (Å²) < 4.78 is 18.3. The number of hydrogen-bond acceptors (Lipinski definition) is 3. The summed E-state index contributed by atoms with van der Waals surface area (Å²) in [4.78, 5) is 12.5. The molecule has 0 aliphatic carbocycles. The molecule has 0 spiro atoms. The maximum absolute atomic E-state index is 13.0. The first-order valence-corrected chi connectivity index (χ1v) is 8.84. The molecule has 3 N–H and O–H groups in total. The number of carbonyl (C=O) groups excluding carboxylic acids is 1. The highest BCUT2D eigenvalue weighted by Gasteiger charge is 2.12. The number of nitrogens with one attached hydrogen (secondary N) is 3. The van der Waals surface area contributed by atoms with Gasteiger partial charge in [-0.15, -0.1) is 0 Å². The van der Waals surface area contributed by atoms with Crippen LogP contribution in [0.5, 0.6) is 5.75 Å². The Morgan fingerprint density at radius 2 is 1.57 bits per heavy atom. The van der Waals surface area contributed by atoms with Crippen molar-refractivity contribution in [3.63, 3.8) is 0 Å². The van der Waals surface area contributed by atoms with Crippen LogP contribution in [-0.2, 0) is 0 Å². The Kier molecular flexibility index (Phi) is 6.18. The van der Waals surface area contributed by atoms with Gasteiger partial charge in [0.2, 0.25) is 0 Å². The van der Waals surface area contributed by atoms with E-state index in [0.717, 1.165) is 0 Å². The van der Waals surface area contributed by atoms with Gasteiger partial charge < -0.3 is 20.7 Å². The van der Waals surface area contributed by atoms with Crippen LogP contribution in [0.3, 0.4) is 0 Å². The number of carbonyl (C=O) groups is 1. The van der Waals surface area contributed by atoms with Gasteiger partial charge in [-0.05, 0) is 66.8 Å². The minimum absolute atomic E-state index is 0.255. The van der Waals surface area contributed by atoms with Gasteiger partial charge in [0, 0.05) is 16.9 Å². The zero-order valence-electron chi connectivity index (χ0n) is 15.0. The van der Waals surface area contributed by atoms with Gasteiger partial charge in [-0.1, -0.05) is 18.2 Å². The SMILES string of the molecule is COc1ccc(C(=O)Nc2ccccc2)cc1NC(=S)Nc1ccc(F)cc1. The highest BCUT2D eigenvalue weighted by molar-refractivity contribution is 7.80. The molecule has 3 aromatic rings. The van der Waals surface area contributed by atoms with Crippen molar-refractivity contribution in [2.45, 2.75) is 0 Å². The van der Waals surface area contributed by atoms with Crippen molar-refractivity contribution in [2.24, 2.45) is 0 Å². The van der Waals surface area contributed by atoms with Crippen molar-refractivity contribution in [1.29, 1.82) is 0 Å². The fourth-order valence-corrected chi connectivity index (χ4v) is 2.72. The van der Waals surface area contributed by atoms with Crippen LogP contribution < -0.4 is 20.7 Å². The third-order valence-corrected chi connectivity index (χ3v) is 4.05. The number of halogens is 1. The quantitative estimate of drug-likeness (QED) is 0.537. The topological polar surface area (TPSA) is 62.4 Å². The first-order valence-electron chi connectivity index (χ1n) is 8.43. The summed E-state index contributed by atoms with van der Waals surface area (Å²) in [5.41, 5.74) is 2.31. The first-order chi connectivity index (χ1) is 13.5. The van der Waals surface area contributed by atoms with E-state index in [1.54, 1.807) is 30.3 Å². The molecule has 0 aromatic heterocycles. The van der Waals surface area contributed by atoms with E-state index >= 15 is 0 Å². The van der Waals surface area contributed by atoms with E-state index in [2.05, 4.69) is 16.0 Å². The highest BCUT2D eigenvalue weighted by atomic mass is 32.1. The largest absolute Gasteiger partial charge is 0.495 e. The lowest BCUT2D eigenvalue weighted by Crippen LogP contribution is -2.20. The fraction of sp³-hybridized carbons (Fsp3) is 0.0476. The average Bonchev–Trinajstić information content (AvgIpc) is 2.70. The summed E-state index contributed by atoms with van der Waals surface area (Å²) in [6.45, 7) is 0. The molecule has 3 rings (SSSR count). The monoisotopic (exact) mass is 395 g/mol. The number of ether oxygens (including phenoxy) is 1. The molecule has 0 fully saturated rings. The van der Waals surface area contributed by atoms with Gasteiger partial charge in [0.25, 0.3) is 5.91 Å². The lowest BCUT2D eigenvalue weighted by atomic mass is 10.1. The third kappa shape index (κ3) is 5.05. The van der Waals surface area contributed by atoms with E-state index in [4.69, 9.17) is 17.0 Å². The second-order valence-electron chi connectivity index (χ2n) is 5.82. The van der Waals surface area contributed by atoms with E-state index in [1.807, 2.05) is 30.3 Å². The molecule has 3 aromatic carbocycles. The lowest BCUT2D eigenvalue weighted by Gasteiger charge is -2.15. The van der Waals surface area contributed by atoms with Crippen molar-refractivity contribution in [1.82, 2.24) is 0 Å². The van der Waals surface area contributed by atoms with E-state index in [-0.39, 0.29) is 16.8 Å². The molecule has 0 unspecified atom stereocenters. The van der Waals surface area contributed by atoms with Gasteiger partial charge >= 0.3 is 0 Å². The number of rotatable bonds is 5. The zero-order chi connectivity index (χ0) is 19.9. The predicted molar refractivity (Wildman–Crippen MR) is 114 cm³/mol. The van der Waals surface area contributed by atoms with Crippen LogP contribution >= 0.6 is 12.2 Å². The van der Waals surface area contributed by atoms with Crippen LogP contribution in [0.1, 0.15) is 10.4 Å². The molecule has 0 bridgehead atoms. The second-order valence-corrected chi connectivity index (χ2v) is 6.23. The minimum atomic E-state index is -0.330. The Balaban J connectivity index is 1.74. The minimum Gasteiger partial charge on any atom is -0.495 e. The number of para-hydroxylation sites is 1. The van der Waals surface area contributed by atoms with Gasteiger partial charge in [-0.25, -0.2) is 4.39 Å². The number of methoxy groups -OCH3 is 1. The van der Waals surface area contributed by atoms with Crippen molar-refractivity contribution < 1.29 is 13.9 Å². The number of thiocarbonyl (C=S) groups is 1. The second kappa shape index (κ2) is 8.96. The summed E-state index contributed by atoms with van der Waals surface area (Å²) >= 11 is 5.30. The molecule has 0 aliphatic rings. The van der Waals surface area contributed by atoms with E-state index in [1.165, 1.54) is 19.2 Å². The van der Waals surface area contributed by atoms with Crippen molar-refractivity contribution in [3.8, 4) is 5.75 Å². The van der Waals surface area contributed by atoms with Crippen molar-refractivity contribution in [3.05, 3.63) is 84.2 Å². The Morgan fingerprint density at radius 3 is 2.25 bits per heavy atom. The fourth-order valence-electron chi connectivity index (χ4n) is 2.49. The summed E-state index contributed by atoms with van der Waals surface area (Å²) in [6, 6.07) is 20.0. The maximum Gasteiger partial charge on any atom is 0.255 e. The molecule has 0 radical (unpaired) electrons. The van der Waals surface area contributed by atoms with Crippen LogP contribution in [-0.4, -0.2) is 18.1 Å². The summed E-state index contributed by atoms with van der Waals surface area (Å²) in [6.07, 6.45) is 0. The van der Waals surface area contributed by atoms with E-state index < -0.39 is 0 Å². The molecule has 0 heterocycles. The van der Waals surface area contributed by atoms with Gasteiger partial charge in [-0.3, -0.25) is 4.79 Å². The average molecular weight is 395 g/mol.